The quantitative estimate of drug-likeness (QED) is 0.404. The number of phenolic OH excluding ortho intramolecular Hbond substituents is 1. The van der Waals surface area contributed by atoms with Gasteiger partial charge >= 0.3 is 5.63 Å². The number of aromatic hydroxyl groups is 1. The Bertz CT molecular complexity index is 1050. The first-order valence-corrected chi connectivity index (χ1v) is 8.10. The minimum absolute atomic E-state index is 0.00623. The molecule has 0 radical (unpaired) electrons. The SMILES string of the molecule is COc1cc(/C=C/C(=O)c2cc3cc(Br)ccc3oc2=O)ccc1O. The molecule has 5 nitrogen and oxygen atoms in total. The number of ether oxygens (including phenoxy) is 1. The second-order valence-corrected chi connectivity index (χ2v) is 6.17. The zero-order chi connectivity index (χ0) is 18.0. The molecule has 3 aromatic rings. The molecule has 0 amide bonds. The van der Waals surface area contributed by atoms with E-state index in [1.807, 2.05) is 0 Å². The van der Waals surface area contributed by atoms with Gasteiger partial charge in [-0.1, -0.05) is 28.1 Å². The predicted octanol–water partition coefficient (Wildman–Crippen LogP) is 4.17. The maximum atomic E-state index is 12.3. The van der Waals surface area contributed by atoms with Crippen LogP contribution in [0, 0.1) is 0 Å². The lowest BCUT2D eigenvalue weighted by Gasteiger charge is -2.03. The van der Waals surface area contributed by atoms with Gasteiger partial charge in [-0.25, -0.2) is 4.79 Å². The second-order valence-electron chi connectivity index (χ2n) is 5.26. The molecular formula is C19H13BrO5. The molecule has 0 bridgehead atoms. The Morgan fingerprint density at radius 1 is 1.20 bits per heavy atom. The zero-order valence-electron chi connectivity index (χ0n) is 13.2. The third-order valence-electron chi connectivity index (χ3n) is 3.59. The van der Waals surface area contributed by atoms with Gasteiger partial charge in [0, 0.05) is 9.86 Å². The number of rotatable bonds is 4. The van der Waals surface area contributed by atoms with Crippen molar-refractivity contribution in [3.63, 3.8) is 0 Å². The fourth-order valence-corrected chi connectivity index (χ4v) is 2.70. The zero-order valence-corrected chi connectivity index (χ0v) is 14.7. The molecule has 0 fully saturated rings. The van der Waals surface area contributed by atoms with Gasteiger partial charge in [0.15, 0.2) is 17.3 Å². The maximum Gasteiger partial charge on any atom is 0.347 e. The van der Waals surface area contributed by atoms with Crippen molar-refractivity contribution in [1.29, 1.82) is 0 Å². The molecule has 0 aliphatic carbocycles. The summed E-state index contributed by atoms with van der Waals surface area (Å²) in [5, 5.41) is 10.2. The Morgan fingerprint density at radius 2 is 2.00 bits per heavy atom. The standard InChI is InChI=1S/C19H13BrO5/c1-24-18-8-11(3-6-16(18)22)2-5-15(21)14-10-12-9-13(20)4-7-17(12)25-19(14)23/h2-10,22H,1H3/b5-2+. The summed E-state index contributed by atoms with van der Waals surface area (Å²) in [7, 11) is 1.44. The molecule has 1 aromatic heterocycles. The van der Waals surface area contributed by atoms with E-state index in [0.717, 1.165) is 4.47 Å². The molecule has 1 N–H and O–H groups in total. The van der Waals surface area contributed by atoms with E-state index in [-0.39, 0.29) is 11.3 Å². The average Bonchev–Trinajstić information content (AvgIpc) is 2.60. The Balaban J connectivity index is 1.94. The van der Waals surface area contributed by atoms with Crippen molar-refractivity contribution >= 4 is 38.8 Å². The highest BCUT2D eigenvalue weighted by molar-refractivity contribution is 9.10. The lowest BCUT2D eigenvalue weighted by molar-refractivity contribution is 0.104. The number of phenols is 1. The first kappa shape index (κ1) is 17.0. The van der Waals surface area contributed by atoms with Crippen LogP contribution in [0.2, 0.25) is 0 Å². The predicted molar refractivity (Wildman–Crippen MR) is 98.2 cm³/mol. The van der Waals surface area contributed by atoms with Crippen LogP contribution in [-0.4, -0.2) is 18.0 Å². The fraction of sp³-hybridized carbons (Fsp3) is 0.0526. The summed E-state index contributed by atoms with van der Waals surface area (Å²) >= 11 is 3.34. The van der Waals surface area contributed by atoms with Crippen molar-refractivity contribution in [2.45, 2.75) is 0 Å². The van der Waals surface area contributed by atoms with Gasteiger partial charge in [-0.15, -0.1) is 0 Å². The Hall–Kier alpha value is -2.86. The van der Waals surface area contributed by atoms with Gasteiger partial charge in [0.05, 0.1) is 7.11 Å². The van der Waals surface area contributed by atoms with E-state index < -0.39 is 11.4 Å². The molecule has 0 saturated heterocycles. The summed E-state index contributed by atoms with van der Waals surface area (Å²) in [6, 6.07) is 11.4. The van der Waals surface area contributed by atoms with E-state index >= 15 is 0 Å². The largest absolute Gasteiger partial charge is 0.504 e. The highest BCUT2D eigenvalue weighted by Gasteiger charge is 2.11. The lowest BCUT2D eigenvalue weighted by atomic mass is 10.1. The molecule has 1 heterocycles. The van der Waals surface area contributed by atoms with Crippen LogP contribution in [0.4, 0.5) is 0 Å². The Labute approximate surface area is 151 Å². The Morgan fingerprint density at radius 3 is 2.76 bits per heavy atom. The van der Waals surface area contributed by atoms with Crippen LogP contribution in [0.25, 0.3) is 17.0 Å². The van der Waals surface area contributed by atoms with E-state index in [0.29, 0.717) is 22.3 Å². The summed E-state index contributed by atoms with van der Waals surface area (Å²) in [4.78, 5) is 24.4. The van der Waals surface area contributed by atoms with E-state index in [1.165, 1.54) is 31.4 Å². The first-order valence-electron chi connectivity index (χ1n) is 7.31. The van der Waals surface area contributed by atoms with Gasteiger partial charge in [0.25, 0.3) is 0 Å². The van der Waals surface area contributed by atoms with E-state index in [4.69, 9.17) is 9.15 Å². The molecule has 0 saturated carbocycles. The monoisotopic (exact) mass is 400 g/mol. The van der Waals surface area contributed by atoms with Crippen LogP contribution in [0.15, 0.2) is 62.2 Å². The number of carbonyl (C=O) groups excluding carboxylic acids is 1. The van der Waals surface area contributed by atoms with Crippen molar-refractivity contribution in [2.75, 3.05) is 7.11 Å². The van der Waals surface area contributed by atoms with Crippen molar-refractivity contribution in [3.8, 4) is 11.5 Å². The highest BCUT2D eigenvalue weighted by Crippen LogP contribution is 2.26. The van der Waals surface area contributed by atoms with Crippen LogP contribution in [-0.2, 0) is 0 Å². The maximum absolute atomic E-state index is 12.3. The number of ketones is 1. The number of hydrogen-bond acceptors (Lipinski definition) is 5. The van der Waals surface area contributed by atoms with Crippen LogP contribution in [0.3, 0.4) is 0 Å². The molecule has 0 aliphatic heterocycles. The molecule has 6 heteroatoms. The number of hydrogen-bond donors (Lipinski definition) is 1. The molecule has 0 aliphatic rings. The van der Waals surface area contributed by atoms with Crippen LogP contribution in [0.1, 0.15) is 15.9 Å². The van der Waals surface area contributed by atoms with Crippen LogP contribution in [0.5, 0.6) is 11.5 Å². The van der Waals surface area contributed by atoms with E-state index in [1.54, 1.807) is 30.3 Å². The summed E-state index contributed by atoms with van der Waals surface area (Å²) in [5.74, 6) is -0.168. The molecular weight excluding hydrogens is 388 g/mol. The number of benzene rings is 2. The van der Waals surface area contributed by atoms with Crippen LogP contribution < -0.4 is 10.4 Å². The number of halogens is 1. The summed E-state index contributed by atoms with van der Waals surface area (Å²) in [5.41, 5.74) is 0.327. The van der Waals surface area contributed by atoms with Crippen molar-refractivity contribution in [1.82, 2.24) is 0 Å². The van der Waals surface area contributed by atoms with Gasteiger partial charge < -0.3 is 14.3 Å². The van der Waals surface area contributed by atoms with Crippen LogP contribution >= 0.6 is 15.9 Å². The molecule has 2 aromatic carbocycles. The minimum atomic E-state index is -0.687. The molecule has 126 valence electrons. The number of allylic oxidation sites excluding steroid dienone is 1. The lowest BCUT2D eigenvalue weighted by Crippen LogP contribution is -2.11. The van der Waals surface area contributed by atoms with Gasteiger partial charge in [0.1, 0.15) is 11.1 Å². The molecule has 25 heavy (non-hydrogen) atoms. The normalized spacial score (nSPS) is 11.1. The summed E-state index contributed by atoms with van der Waals surface area (Å²) < 4.78 is 11.0. The average molecular weight is 401 g/mol. The van der Waals surface area contributed by atoms with Gasteiger partial charge in [-0.3, -0.25) is 4.79 Å². The highest BCUT2D eigenvalue weighted by atomic mass is 79.9. The van der Waals surface area contributed by atoms with Gasteiger partial charge in [0.2, 0.25) is 0 Å². The first-order chi connectivity index (χ1) is 12.0. The van der Waals surface area contributed by atoms with Crippen molar-refractivity contribution < 1.29 is 19.1 Å². The Kier molecular flexibility index (Phi) is 4.72. The number of carbonyl (C=O) groups is 1. The van der Waals surface area contributed by atoms with Crippen molar-refractivity contribution in [3.05, 3.63) is 74.6 Å². The third kappa shape index (κ3) is 3.64. The van der Waals surface area contributed by atoms with Crippen molar-refractivity contribution in [2.24, 2.45) is 0 Å². The van der Waals surface area contributed by atoms with E-state index in [9.17, 15) is 14.7 Å². The fourth-order valence-electron chi connectivity index (χ4n) is 2.33. The van der Waals surface area contributed by atoms with Gasteiger partial charge in [-0.2, -0.15) is 0 Å². The molecule has 3 rings (SSSR count). The molecule has 0 unspecified atom stereocenters. The molecule has 0 spiro atoms. The van der Waals surface area contributed by atoms with Gasteiger partial charge in [-0.05, 0) is 48.0 Å². The number of fused-ring (bicyclic) bond motifs is 1. The minimum Gasteiger partial charge on any atom is -0.504 e. The summed E-state index contributed by atoms with van der Waals surface area (Å²) in [6.45, 7) is 0. The topological polar surface area (TPSA) is 76.7 Å². The smallest absolute Gasteiger partial charge is 0.347 e. The van der Waals surface area contributed by atoms with E-state index in [2.05, 4.69) is 15.9 Å². The number of methoxy groups -OCH3 is 1. The second kappa shape index (κ2) is 6.94. The third-order valence-corrected chi connectivity index (χ3v) is 4.08. The summed E-state index contributed by atoms with van der Waals surface area (Å²) in [6.07, 6.45) is 2.82. The molecule has 0 atom stereocenters.